The molecule has 0 radical (unpaired) electrons. The SMILES string of the molecule is Cc1nc(-c2ccc(-c3ccc(CC(=O)Nc4cc5c(c(N6CCN(C)CC6)c4)OCC5)cc3)c(C)c2)no1. The molecule has 8 nitrogen and oxygen atoms in total. The molecule has 200 valence electrons. The van der Waals surface area contributed by atoms with Crippen LogP contribution >= 0.6 is 0 Å². The average Bonchev–Trinajstić information content (AvgIpc) is 3.58. The molecule has 4 aromatic rings. The van der Waals surface area contributed by atoms with Crippen molar-refractivity contribution in [1.82, 2.24) is 15.0 Å². The summed E-state index contributed by atoms with van der Waals surface area (Å²) in [5, 5.41) is 7.15. The van der Waals surface area contributed by atoms with E-state index in [0.717, 1.165) is 77.5 Å². The van der Waals surface area contributed by atoms with Crippen molar-refractivity contribution in [2.45, 2.75) is 26.7 Å². The van der Waals surface area contributed by atoms with E-state index in [-0.39, 0.29) is 5.91 Å². The Morgan fingerprint density at radius 3 is 2.46 bits per heavy atom. The van der Waals surface area contributed by atoms with Crippen molar-refractivity contribution in [3.63, 3.8) is 0 Å². The van der Waals surface area contributed by atoms with Gasteiger partial charge in [-0.2, -0.15) is 4.98 Å². The topological polar surface area (TPSA) is 83.7 Å². The molecule has 0 aliphatic carbocycles. The first kappa shape index (κ1) is 25.1. The minimum atomic E-state index is -0.0260. The Hall–Kier alpha value is -4.17. The smallest absolute Gasteiger partial charge is 0.228 e. The molecular weight excluding hydrogens is 490 g/mol. The van der Waals surface area contributed by atoms with Crippen molar-refractivity contribution < 1.29 is 14.1 Å². The number of rotatable bonds is 6. The lowest BCUT2D eigenvalue weighted by Gasteiger charge is -2.35. The van der Waals surface area contributed by atoms with Gasteiger partial charge < -0.3 is 24.4 Å². The summed E-state index contributed by atoms with van der Waals surface area (Å²) in [7, 11) is 2.15. The van der Waals surface area contributed by atoms with Gasteiger partial charge >= 0.3 is 0 Å². The van der Waals surface area contributed by atoms with Crippen molar-refractivity contribution in [3.05, 3.63) is 77.2 Å². The van der Waals surface area contributed by atoms with Crippen LogP contribution in [0.3, 0.4) is 0 Å². The van der Waals surface area contributed by atoms with Crippen LogP contribution in [0.15, 0.2) is 59.1 Å². The number of hydrogen-bond donors (Lipinski definition) is 1. The summed E-state index contributed by atoms with van der Waals surface area (Å²) >= 11 is 0. The van der Waals surface area contributed by atoms with Gasteiger partial charge in [0.15, 0.2) is 0 Å². The number of carbonyl (C=O) groups is 1. The lowest BCUT2D eigenvalue weighted by molar-refractivity contribution is -0.115. The number of likely N-dealkylation sites (N-methyl/N-ethyl adjacent to an activating group) is 1. The summed E-state index contributed by atoms with van der Waals surface area (Å²) in [6, 6.07) is 18.5. The molecule has 0 bridgehead atoms. The standard InChI is InChI=1S/C31H33N5O3/c1-20-16-25(31-32-21(2)39-34-31)8-9-27(20)23-6-4-22(5-7-23)17-29(37)33-26-18-24-10-15-38-30(24)28(19-26)36-13-11-35(3)12-14-36/h4-9,16,18-19H,10-15,17H2,1-3H3,(H,33,37). The number of nitrogens with zero attached hydrogens (tertiary/aromatic N) is 4. The maximum Gasteiger partial charge on any atom is 0.228 e. The van der Waals surface area contributed by atoms with Crippen molar-refractivity contribution in [3.8, 4) is 28.3 Å². The van der Waals surface area contributed by atoms with Gasteiger partial charge in [0.2, 0.25) is 17.6 Å². The second-order valence-corrected chi connectivity index (χ2v) is 10.5. The van der Waals surface area contributed by atoms with Gasteiger partial charge in [0.05, 0.1) is 18.7 Å². The van der Waals surface area contributed by atoms with E-state index in [1.165, 1.54) is 5.56 Å². The zero-order valence-electron chi connectivity index (χ0n) is 22.7. The number of anilines is 2. The third-order valence-electron chi connectivity index (χ3n) is 7.53. The Labute approximate surface area is 228 Å². The van der Waals surface area contributed by atoms with Crippen LogP contribution < -0.4 is 15.0 Å². The van der Waals surface area contributed by atoms with E-state index in [1.807, 2.05) is 18.2 Å². The van der Waals surface area contributed by atoms with E-state index < -0.39 is 0 Å². The van der Waals surface area contributed by atoms with Crippen LogP contribution in [0.4, 0.5) is 11.4 Å². The van der Waals surface area contributed by atoms with E-state index in [1.54, 1.807) is 6.92 Å². The monoisotopic (exact) mass is 523 g/mol. The van der Waals surface area contributed by atoms with Gasteiger partial charge in [0.25, 0.3) is 0 Å². The molecule has 2 aliphatic heterocycles. The van der Waals surface area contributed by atoms with E-state index in [4.69, 9.17) is 9.26 Å². The second kappa shape index (κ2) is 10.5. The van der Waals surface area contributed by atoms with Crippen LogP contribution in [0, 0.1) is 13.8 Å². The van der Waals surface area contributed by atoms with Crippen LogP contribution in [-0.4, -0.2) is 60.8 Å². The number of fused-ring (bicyclic) bond motifs is 1. The highest BCUT2D eigenvalue weighted by Gasteiger charge is 2.24. The molecule has 0 spiro atoms. The van der Waals surface area contributed by atoms with E-state index in [0.29, 0.717) is 24.7 Å². The zero-order valence-corrected chi connectivity index (χ0v) is 22.7. The predicted octanol–water partition coefficient (Wildman–Crippen LogP) is 4.89. The number of amides is 1. The Balaban J connectivity index is 1.14. The number of nitrogens with one attached hydrogen (secondary N) is 1. The summed E-state index contributed by atoms with van der Waals surface area (Å²) in [6.45, 7) is 8.49. The number of ether oxygens (including phenoxy) is 1. The molecule has 0 unspecified atom stereocenters. The molecular formula is C31H33N5O3. The highest BCUT2D eigenvalue weighted by molar-refractivity contribution is 5.93. The normalized spacial score (nSPS) is 15.2. The van der Waals surface area contributed by atoms with Crippen LogP contribution in [0.2, 0.25) is 0 Å². The van der Waals surface area contributed by atoms with E-state index in [2.05, 4.69) is 75.6 Å². The van der Waals surface area contributed by atoms with E-state index in [9.17, 15) is 4.79 Å². The molecule has 6 rings (SSSR count). The van der Waals surface area contributed by atoms with Crippen molar-refractivity contribution in [2.24, 2.45) is 0 Å². The molecule has 3 heterocycles. The van der Waals surface area contributed by atoms with Crippen LogP contribution in [0.1, 0.15) is 22.6 Å². The number of piperazine rings is 1. The summed E-state index contributed by atoms with van der Waals surface area (Å²) in [5.41, 5.74) is 8.34. The number of aromatic nitrogens is 2. The van der Waals surface area contributed by atoms with Gasteiger partial charge in [-0.1, -0.05) is 41.6 Å². The van der Waals surface area contributed by atoms with Crippen molar-refractivity contribution in [2.75, 3.05) is 50.1 Å². The summed E-state index contributed by atoms with van der Waals surface area (Å²) in [4.78, 5) is 22.0. The largest absolute Gasteiger partial charge is 0.491 e. The zero-order chi connectivity index (χ0) is 26.9. The second-order valence-electron chi connectivity index (χ2n) is 10.5. The fourth-order valence-corrected chi connectivity index (χ4v) is 5.38. The highest BCUT2D eigenvalue weighted by Crippen LogP contribution is 2.39. The third-order valence-corrected chi connectivity index (χ3v) is 7.53. The third kappa shape index (κ3) is 5.38. The first-order chi connectivity index (χ1) is 18.9. The number of aryl methyl sites for hydroxylation is 2. The molecule has 39 heavy (non-hydrogen) atoms. The van der Waals surface area contributed by atoms with Crippen LogP contribution in [0.25, 0.3) is 22.5 Å². The number of hydrogen-bond acceptors (Lipinski definition) is 7. The van der Waals surface area contributed by atoms with Crippen LogP contribution in [0.5, 0.6) is 5.75 Å². The molecule has 0 saturated carbocycles. The molecule has 8 heteroatoms. The molecule has 1 saturated heterocycles. The number of benzene rings is 3. The molecule has 1 fully saturated rings. The lowest BCUT2D eigenvalue weighted by atomic mass is 9.97. The Morgan fingerprint density at radius 1 is 0.974 bits per heavy atom. The average molecular weight is 524 g/mol. The Bertz CT molecular complexity index is 1500. The maximum absolute atomic E-state index is 13.0. The van der Waals surface area contributed by atoms with Gasteiger partial charge in [-0.25, -0.2) is 0 Å². The van der Waals surface area contributed by atoms with Crippen molar-refractivity contribution in [1.29, 1.82) is 0 Å². The summed E-state index contributed by atoms with van der Waals surface area (Å²) in [6.07, 6.45) is 1.18. The Morgan fingerprint density at radius 2 is 1.74 bits per heavy atom. The maximum atomic E-state index is 13.0. The first-order valence-electron chi connectivity index (χ1n) is 13.5. The summed E-state index contributed by atoms with van der Waals surface area (Å²) < 4.78 is 11.1. The van der Waals surface area contributed by atoms with Gasteiger partial charge in [0, 0.05) is 56.3 Å². The van der Waals surface area contributed by atoms with Gasteiger partial charge in [-0.15, -0.1) is 0 Å². The summed E-state index contributed by atoms with van der Waals surface area (Å²) in [5.74, 6) is 2.09. The fraction of sp³-hybridized carbons (Fsp3) is 0.323. The lowest BCUT2D eigenvalue weighted by Crippen LogP contribution is -2.44. The Kier molecular flexibility index (Phi) is 6.79. The molecule has 1 aromatic heterocycles. The van der Waals surface area contributed by atoms with Crippen LogP contribution in [-0.2, 0) is 17.6 Å². The molecule has 2 aliphatic rings. The van der Waals surface area contributed by atoms with Crippen molar-refractivity contribution >= 4 is 17.3 Å². The number of carbonyl (C=O) groups excluding carboxylic acids is 1. The fourth-order valence-electron chi connectivity index (χ4n) is 5.38. The minimum Gasteiger partial charge on any atom is -0.491 e. The minimum absolute atomic E-state index is 0.0260. The highest BCUT2D eigenvalue weighted by atomic mass is 16.5. The van der Waals surface area contributed by atoms with Gasteiger partial charge in [-0.05, 0) is 54.4 Å². The van der Waals surface area contributed by atoms with E-state index >= 15 is 0 Å². The molecule has 0 atom stereocenters. The molecule has 1 N–H and O–H groups in total. The van der Waals surface area contributed by atoms with Gasteiger partial charge in [-0.3, -0.25) is 4.79 Å². The first-order valence-corrected chi connectivity index (χ1v) is 13.5. The molecule has 3 aromatic carbocycles. The molecule has 1 amide bonds. The quantitative estimate of drug-likeness (QED) is 0.385. The predicted molar refractivity (Wildman–Crippen MR) is 152 cm³/mol. The van der Waals surface area contributed by atoms with Gasteiger partial charge in [0.1, 0.15) is 5.75 Å².